The van der Waals surface area contributed by atoms with E-state index in [2.05, 4.69) is 11.4 Å². The van der Waals surface area contributed by atoms with Crippen LogP contribution in [0.4, 0.5) is 0 Å². The van der Waals surface area contributed by atoms with Crippen molar-refractivity contribution in [3.63, 3.8) is 0 Å². The largest absolute Gasteiger partial charge is 0.319 e. The SMILES string of the molecule is CNCC12CC(c3cccc(Cl)c3Cl)(C1)C2. The van der Waals surface area contributed by atoms with Crippen LogP contribution in [-0.2, 0) is 5.41 Å². The molecule has 1 nitrogen and oxygen atoms in total. The average Bonchev–Trinajstić information content (AvgIpc) is 2.14. The summed E-state index contributed by atoms with van der Waals surface area (Å²) >= 11 is 12.4. The van der Waals surface area contributed by atoms with Crippen LogP contribution in [0.1, 0.15) is 24.8 Å². The average molecular weight is 256 g/mol. The normalized spacial score (nSPS) is 35.4. The highest BCUT2D eigenvalue weighted by molar-refractivity contribution is 6.42. The quantitative estimate of drug-likeness (QED) is 0.870. The van der Waals surface area contributed by atoms with E-state index in [0.29, 0.717) is 15.9 Å². The molecule has 0 aliphatic heterocycles. The Morgan fingerprint density at radius 3 is 2.56 bits per heavy atom. The zero-order chi connectivity index (χ0) is 11.4. The Hall–Kier alpha value is -0.240. The summed E-state index contributed by atoms with van der Waals surface area (Å²) in [5, 5.41) is 4.74. The molecule has 3 aliphatic carbocycles. The molecule has 86 valence electrons. The Balaban J connectivity index is 1.85. The molecule has 16 heavy (non-hydrogen) atoms. The van der Waals surface area contributed by atoms with Gasteiger partial charge < -0.3 is 5.32 Å². The molecule has 3 saturated carbocycles. The van der Waals surface area contributed by atoms with Crippen molar-refractivity contribution in [1.82, 2.24) is 5.32 Å². The fourth-order valence-corrected chi connectivity index (χ4v) is 4.26. The third-order valence-electron chi connectivity index (χ3n) is 4.21. The first-order valence-electron chi connectivity index (χ1n) is 5.70. The maximum absolute atomic E-state index is 6.29. The molecule has 1 aromatic carbocycles. The molecule has 1 N–H and O–H groups in total. The summed E-state index contributed by atoms with van der Waals surface area (Å²) < 4.78 is 0. The van der Waals surface area contributed by atoms with Gasteiger partial charge in [0.2, 0.25) is 0 Å². The van der Waals surface area contributed by atoms with Gasteiger partial charge in [-0.2, -0.15) is 0 Å². The summed E-state index contributed by atoms with van der Waals surface area (Å²) in [6.45, 7) is 1.13. The number of halogens is 2. The smallest absolute Gasteiger partial charge is 0.0629 e. The Morgan fingerprint density at radius 2 is 1.94 bits per heavy atom. The van der Waals surface area contributed by atoms with Crippen LogP contribution >= 0.6 is 23.2 Å². The first-order valence-corrected chi connectivity index (χ1v) is 6.46. The second-order valence-corrected chi connectivity index (χ2v) is 6.23. The summed E-state index contributed by atoms with van der Waals surface area (Å²) in [7, 11) is 2.03. The topological polar surface area (TPSA) is 12.0 Å². The van der Waals surface area contributed by atoms with Crippen molar-refractivity contribution in [3.8, 4) is 0 Å². The van der Waals surface area contributed by atoms with Gasteiger partial charge in [-0.15, -0.1) is 0 Å². The van der Waals surface area contributed by atoms with E-state index in [4.69, 9.17) is 23.2 Å². The predicted molar refractivity (Wildman–Crippen MR) is 68.4 cm³/mol. The van der Waals surface area contributed by atoms with Gasteiger partial charge in [0.25, 0.3) is 0 Å². The third kappa shape index (κ3) is 1.28. The van der Waals surface area contributed by atoms with Crippen LogP contribution in [0.15, 0.2) is 18.2 Å². The number of hydrogen-bond acceptors (Lipinski definition) is 1. The Bertz CT molecular complexity index is 422. The molecule has 0 saturated heterocycles. The highest BCUT2D eigenvalue weighted by atomic mass is 35.5. The minimum absolute atomic E-state index is 0.346. The zero-order valence-corrected chi connectivity index (χ0v) is 10.8. The van der Waals surface area contributed by atoms with Gasteiger partial charge in [-0.25, -0.2) is 0 Å². The van der Waals surface area contributed by atoms with Crippen molar-refractivity contribution in [2.45, 2.75) is 24.7 Å². The van der Waals surface area contributed by atoms with E-state index < -0.39 is 0 Å². The molecular weight excluding hydrogens is 241 g/mol. The molecule has 0 amide bonds. The van der Waals surface area contributed by atoms with Crippen molar-refractivity contribution in [2.75, 3.05) is 13.6 Å². The van der Waals surface area contributed by atoms with E-state index in [1.165, 1.54) is 24.8 Å². The van der Waals surface area contributed by atoms with Crippen molar-refractivity contribution in [2.24, 2.45) is 5.41 Å². The number of hydrogen-bond donors (Lipinski definition) is 1. The van der Waals surface area contributed by atoms with Gasteiger partial charge in [0.1, 0.15) is 0 Å². The molecule has 0 spiro atoms. The first-order chi connectivity index (χ1) is 7.61. The van der Waals surface area contributed by atoms with Crippen LogP contribution < -0.4 is 5.32 Å². The second-order valence-electron chi connectivity index (χ2n) is 5.44. The molecule has 0 aromatic heterocycles. The zero-order valence-electron chi connectivity index (χ0n) is 9.32. The maximum Gasteiger partial charge on any atom is 0.0629 e. The van der Waals surface area contributed by atoms with Crippen molar-refractivity contribution in [1.29, 1.82) is 0 Å². The van der Waals surface area contributed by atoms with E-state index in [-0.39, 0.29) is 0 Å². The third-order valence-corrected chi connectivity index (χ3v) is 5.03. The lowest BCUT2D eigenvalue weighted by Gasteiger charge is -2.71. The minimum atomic E-state index is 0.346. The second kappa shape index (κ2) is 3.38. The van der Waals surface area contributed by atoms with Gasteiger partial charge in [-0.1, -0.05) is 35.3 Å². The van der Waals surface area contributed by atoms with Crippen LogP contribution in [0.25, 0.3) is 0 Å². The molecular formula is C13H15Cl2N. The van der Waals surface area contributed by atoms with Gasteiger partial charge in [-0.05, 0) is 48.8 Å². The van der Waals surface area contributed by atoms with Gasteiger partial charge in [-0.3, -0.25) is 0 Å². The molecule has 3 heteroatoms. The van der Waals surface area contributed by atoms with Crippen molar-refractivity contribution < 1.29 is 0 Å². The molecule has 0 atom stereocenters. The van der Waals surface area contributed by atoms with Gasteiger partial charge >= 0.3 is 0 Å². The number of nitrogens with one attached hydrogen (secondary N) is 1. The van der Waals surface area contributed by atoms with E-state index >= 15 is 0 Å². The van der Waals surface area contributed by atoms with E-state index in [0.717, 1.165) is 11.6 Å². The van der Waals surface area contributed by atoms with Gasteiger partial charge in [0.15, 0.2) is 0 Å². The van der Waals surface area contributed by atoms with E-state index in [1.54, 1.807) is 0 Å². The molecule has 3 fully saturated rings. The summed E-state index contributed by atoms with van der Waals surface area (Å²) in [4.78, 5) is 0. The highest BCUT2D eigenvalue weighted by Gasteiger charge is 2.68. The highest BCUT2D eigenvalue weighted by Crippen LogP contribution is 2.74. The van der Waals surface area contributed by atoms with Crippen molar-refractivity contribution >= 4 is 23.2 Å². The Morgan fingerprint density at radius 1 is 1.25 bits per heavy atom. The van der Waals surface area contributed by atoms with Gasteiger partial charge in [0, 0.05) is 6.54 Å². The summed E-state index contributed by atoms with van der Waals surface area (Å²) in [6, 6.07) is 6.01. The van der Waals surface area contributed by atoms with Crippen LogP contribution in [-0.4, -0.2) is 13.6 Å². The first kappa shape index (κ1) is 10.9. The standard InChI is InChI=1S/C13H15Cl2N/c1-16-8-12-5-13(6-12,7-12)9-3-2-4-10(14)11(9)15/h2-4,16H,5-8H2,1H3. The fraction of sp³-hybridized carbons (Fsp3) is 0.538. The predicted octanol–water partition coefficient (Wildman–Crippen LogP) is 3.63. The van der Waals surface area contributed by atoms with Crippen LogP contribution in [0, 0.1) is 5.41 Å². The lowest BCUT2D eigenvalue weighted by Crippen LogP contribution is -2.67. The van der Waals surface area contributed by atoms with E-state index in [9.17, 15) is 0 Å². The molecule has 2 bridgehead atoms. The molecule has 1 aromatic rings. The molecule has 4 rings (SSSR count). The molecule has 0 heterocycles. The number of rotatable bonds is 3. The van der Waals surface area contributed by atoms with Crippen LogP contribution in [0.3, 0.4) is 0 Å². The molecule has 0 unspecified atom stereocenters. The van der Waals surface area contributed by atoms with Crippen molar-refractivity contribution in [3.05, 3.63) is 33.8 Å². The summed E-state index contributed by atoms with van der Waals surface area (Å²) in [5.41, 5.74) is 2.17. The van der Waals surface area contributed by atoms with Crippen LogP contribution in [0.2, 0.25) is 10.0 Å². The molecule has 3 aliphatic rings. The van der Waals surface area contributed by atoms with Gasteiger partial charge in [0.05, 0.1) is 10.0 Å². The summed E-state index contributed by atoms with van der Waals surface area (Å²) in [6.07, 6.45) is 3.79. The maximum atomic E-state index is 6.29. The molecule has 0 radical (unpaired) electrons. The monoisotopic (exact) mass is 255 g/mol. The fourth-order valence-electron chi connectivity index (χ4n) is 3.76. The Labute approximate surface area is 106 Å². The Kier molecular flexibility index (Phi) is 2.30. The lowest BCUT2D eigenvalue weighted by atomic mass is 9.33. The lowest BCUT2D eigenvalue weighted by molar-refractivity contribution is -0.136. The van der Waals surface area contributed by atoms with E-state index in [1.807, 2.05) is 19.2 Å². The minimum Gasteiger partial charge on any atom is -0.319 e. The summed E-state index contributed by atoms with van der Waals surface area (Å²) in [5.74, 6) is 0. The van der Waals surface area contributed by atoms with Crippen LogP contribution in [0.5, 0.6) is 0 Å². The number of benzene rings is 1.